The molecule has 1 aromatic carbocycles. The maximum atomic E-state index is 2.75. The second kappa shape index (κ2) is 6.26. The fraction of sp³-hybridized carbons (Fsp3) is 0.714. The Hall–Kier alpha value is -0.980. The molecule has 0 N–H and O–H groups in total. The van der Waals surface area contributed by atoms with Crippen LogP contribution in [-0.2, 0) is 0 Å². The smallest absolute Gasteiger partial charge is 0.0439 e. The van der Waals surface area contributed by atoms with Gasteiger partial charge in [0.05, 0.1) is 0 Å². The van der Waals surface area contributed by atoms with E-state index in [1.54, 1.807) is 0 Å². The third-order valence-electron chi connectivity index (χ3n) is 5.16. The molecule has 1 heterocycles. The van der Waals surface area contributed by atoms with Crippen molar-refractivity contribution in [1.29, 1.82) is 0 Å². The molecule has 1 fully saturated rings. The number of hydrogen-bond acceptors (Lipinski definition) is 1. The Morgan fingerprint density at radius 1 is 0.955 bits per heavy atom. The first-order valence-electron chi connectivity index (χ1n) is 9.03. The average molecular weight is 302 g/mol. The second-order valence-corrected chi connectivity index (χ2v) is 8.90. The van der Waals surface area contributed by atoms with E-state index in [2.05, 4.69) is 78.5 Å². The first kappa shape index (κ1) is 17.4. The molecular formula is C21H35N. The van der Waals surface area contributed by atoms with Gasteiger partial charge < -0.3 is 4.90 Å². The molecule has 22 heavy (non-hydrogen) atoms. The number of anilines is 1. The van der Waals surface area contributed by atoms with E-state index in [9.17, 15) is 0 Å². The summed E-state index contributed by atoms with van der Waals surface area (Å²) in [7, 11) is 0. The zero-order valence-electron chi connectivity index (χ0n) is 15.9. The average Bonchev–Trinajstić information content (AvgIpc) is 2.73. The van der Waals surface area contributed by atoms with Crippen LogP contribution in [0.2, 0.25) is 0 Å². The van der Waals surface area contributed by atoms with Crippen molar-refractivity contribution < 1.29 is 0 Å². The first-order valence-corrected chi connectivity index (χ1v) is 9.03. The van der Waals surface area contributed by atoms with Gasteiger partial charge in [-0.25, -0.2) is 0 Å². The molecule has 0 aliphatic carbocycles. The van der Waals surface area contributed by atoms with Gasteiger partial charge in [0.1, 0.15) is 0 Å². The van der Waals surface area contributed by atoms with E-state index >= 15 is 0 Å². The molecule has 1 aromatic rings. The molecule has 1 nitrogen and oxygen atoms in total. The van der Waals surface area contributed by atoms with E-state index < -0.39 is 0 Å². The lowest BCUT2D eigenvalue weighted by atomic mass is 9.87. The van der Waals surface area contributed by atoms with Crippen LogP contribution in [0.15, 0.2) is 18.2 Å². The lowest BCUT2D eigenvalue weighted by Gasteiger charge is -2.35. The molecule has 1 aliphatic rings. The van der Waals surface area contributed by atoms with Crippen LogP contribution < -0.4 is 4.90 Å². The van der Waals surface area contributed by atoms with Crippen LogP contribution >= 0.6 is 0 Å². The predicted molar refractivity (Wildman–Crippen MR) is 99.0 cm³/mol. The molecule has 1 saturated heterocycles. The SMILES string of the molecule is CC(C)c1cccc(C(C)C)c1N1CC(C)(C)C[C@@H]1C(C)C. The van der Waals surface area contributed by atoms with Crippen molar-refractivity contribution in [1.82, 2.24) is 0 Å². The standard InChI is InChI=1S/C21H35N/c1-14(2)17-10-9-11-18(15(3)4)20(17)22-13-21(7,8)12-19(22)16(5)6/h9-11,14-16,19H,12-13H2,1-8H3/t19-/m1/s1. The lowest BCUT2D eigenvalue weighted by molar-refractivity contribution is 0.377. The molecule has 1 aliphatic heterocycles. The molecule has 124 valence electrons. The van der Waals surface area contributed by atoms with Crippen molar-refractivity contribution >= 4 is 5.69 Å². The second-order valence-electron chi connectivity index (χ2n) is 8.90. The zero-order chi connectivity index (χ0) is 16.7. The fourth-order valence-corrected chi connectivity index (χ4v) is 4.00. The van der Waals surface area contributed by atoms with E-state index in [4.69, 9.17) is 0 Å². The fourth-order valence-electron chi connectivity index (χ4n) is 4.00. The quantitative estimate of drug-likeness (QED) is 0.640. The third kappa shape index (κ3) is 3.34. The summed E-state index contributed by atoms with van der Waals surface area (Å²) in [5.41, 5.74) is 4.99. The highest BCUT2D eigenvalue weighted by Crippen LogP contribution is 2.45. The van der Waals surface area contributed by atoms with Gasteiger partial charge in [0.25, 0.3) is 0 Å². The summed E-state index contributed by atoms with van der Waals surface area (Å²) >= 11 is 0. The van der Waals surface area contributed by atoms with Crippen molar-refractivity contribution in [2.45, 2.75) is 79.7 Å². The summed E-state index contributed by atoms with van der Waals surface area (Å²) in [6.45, 7) is 20.1. The molecule has 0 amide bonds. The van der Waals surface area contributed by atoms with Gasteiger partial charge in [-0.05, 0) is 40.7 Å². The topological polar surface area (TPSA) is 3.24 Å². The first-order chi connectivity index (χ1) is 10.1. The summed E-state index contributed by atoms with van der Waals surface area (Å²) in [6.07, 6.45) is 1.30. The summed E-state index contributed by atoms with van der Waals surface area (Å²) in [4.78, 5) is 2.75. The van der Waals surface area contributed by atoms with E-state index in [1.165, 1.54) is 29.8 Å². The number of rotatable bonds is 4. The zero-order valence-corrected chi connectivity index (χ0v) is 15.9. The molecule has 0 saturated carbocycles. The van der Waals surface area contributed by atoms with Gasteiger partial charge in [-0.3, -0.25) is 0 Å². The van der Waals surface area contributed by atoms with Crippen molar-refractivity contribution in [3.05, 3.63) is 29.3 Å². The number of nitrogens with zero attached hydrogens (tertiary/aromatic N) is 1. The van der Waals surface area contributed by atoms with Crippen LogP contribution in [0, 0.1) is 11.3 Å². The van der Waals surface area contributed by atoms with Crippen molar-refractivity contribution in [3.8, 4) is 0 Å². The van der Waals surface area contributed by atoms with Gasteiger partial charge in [0.15, 0.2) is 0 Å². The highest BCUT2D eigenvalue weighted by Gasteiger charge is 2.40. The third-order valence-corrected chi connectivity index (χ3v) is 5.16. The van der Waals surface area contributed by atoms with Crippen LogP contribution in [0.1, 0.15) is 84.8 Å². The number of hydrogen-bond donors (Lipinski definition) is 0. The number of para-hydroxylation sites is 1. The van der Waals surface area contributed by atoms with Gasteiger partial charge >= 0.3 is 0 Å². The van der Waals surface area contributed by atoms with Crippen molar-refractivity contribution in [2.24, 2.45) is 11.3 Å². The number of benzene rings is 1. The Balaban J connectivity index is 2.58. The monoisotopic (exact) mass is 301 g/mol. The summed E-state index contributed by atoms with van der Waals surface area (Å²) in [6, 6.07) is 7.59. The van der Waals surface area contributed by atoms with Crippen LogP contribution in [0.4, 0.5) is 5.69 Å². The minimum Gasteiger partial charge on any atom is -0.367 e. The molecule has 0 radical (unpaired) electrons. The van der Waals surface area contributed by atoms with Gasteiger partial charge in [0, 0.05) is 18.3 Å². The Kier molecular flexibility index (Phi) is 4.94. The molecule has 0 unspecified atom stereocenters. The Labute approximate surface area is 138 Å². The minimum absolute atomic E-state index is 0.410. The Bertz CT molecular complexity index is 484. The molecular weight excluding hydrogens is 266 g/mol. The van der Waals surface area contributed by atoms with Gasteiger partial charge in [0.2, 0.25) is 0 Å². The van der Waals surface area contributed by atoms with Gasteiger partial charge in [-0.15, -0.1) is 0 Å². The molecule has 0 spiro atoms. The molecule has 2 rings (SSSR count). The lowest BCUT2D eigenvalue weighted by Crippen LogP contribution is -2.35. The highest BCUT2D eigenvalue weighted by atomic mass is 15.2. The summed E-state index contributed by atoms with van der Waals surface area (Å²) in [5.74, 6) is 1.84. The Morgan fingerprint density at radius 2 is 1.45 bits per heavy atom. The maximum Gasteiger partial charge on any atom is 0.0439 e. The molecule has 1 heteroatoms. The van der Waals surface area contributed by atoms with Crippen molar-refractivity contribution in [2.75, 3.05) is 11.4 Å². The maximum absolute atomic E-state index is 2.75. The van der Waals surface area contributed by atoms with Crippen LogP contribution in [0.5, 0.6) is 0 Å². The van der Waals surface area contributed by atoms with E-state index in [0.29, 0.717) is 29.2 Å². The van der Waals surface area contributed by atoms with Crippen molar-refractivity contribution in [3.63, 3.8) is 0 Å². The van der Waals surface area contributed by atoms with Gasteiger partial charge in [-0.2, -0.15) is 0 Å². The molecule has 1 atom stereocenters. The molecule has 0 bridgehead atoms. The minimum atomic E-state index is 0.410. The molecule has 0 aromatic heterocycles. The highest BCUT2D eigenvalue weighted by molar-refractivity contribution is 5.63. The summed E-state index contributed by atoms with van der Waals surface area (Å²) in [5, 5.41) is 0. The summed E-state index contributed by atoms with van der Waals surface area (Å²) < 4.78 is 0. The van der Waals surface area contributed by atoms with E-state index in [0.717, 1.165) is 0 Å². The van der Waals surface area contributed by atoms with E-state index in [-0.39, 0.29) is 0 Å². The normalized spacial score (nSPS) is 21.4. The Morgan fingerprint density at radius 3 is 1.86 bits per heavy atom. The predicted octanol–water partition coefficient (Wildman–Crippen LogP) is 6.19. The van der Waals surface area contributed by atoms with Gasteiger partial charge in [-0.1, -0.05) is 73.6 Å². The van der Waals surface area contributed by atoms with Crippen LogP contribution in [0.3, 0.4) is 0 Å². The van der Waals surface area contributed by atoms with Crippen LogP contribution in [-0.4, -0.2) is 12.6 Å². The largest absolute Gasteiger partial charge is 0.367 e. The van der Waals surface area contributed by atoms with E-state index in [1.807, 2.05) is 0 Å². The van der Waals surface area contributed by atoms with Crippen LogP contribution in [0.25, 0.3) is 0 Å².